The van der Waals surface area contributed by atoms with Crippen molar-refractivity contribution in [1.82, 2.24) is 4.31 Å². The van der Waals surface area contributed by atoms with E-state index in [1.54, 1.807) is 21.7 Å². The van der Waals surface area contributed by atoms with Crippen LogP contribution in [-0.4, -0.2) is 18.8 Å². The largest absolute Gasteiger partial charge is 0.244 e. The van der Waals surface area contributed by atoms with Crippen molar-refractivity contribution in [2.45, 2.75) is 44.1 Å². The molecule has 21 heavy (non-hydrogen) atoms. The molecular formula is C14H18ClNO2S3. The average molecular weight is 364 g/mol. The van der Waals surface area contributed by atoms with Crippen molar-refractivity contribution in [3.05, 3.63) is 38.2 Å². The summed E-state index contributed by atoms with van der Waals surface area (Å²) in [7, 11) is -3.50. The summed E-state index contributed by atoms with van der Waals surface area (Å²) in [6.45, 7) is 6.03. The lowest BCUT2D eigenvalue weighted by Crippen LogP contribution is -2.36. The second-order valence-corrected chi connectivity index (χ2v) is 9.49. The highest BCUT2D eigenvalue weighted by Crippen LogP contribution is 2.31. The summed E-state index contributed by atoms with van der Waals surface area (Å²) in [4.78, 5) is 3.10. The van der Waals surface area contributed by atoms with Crippen LogP contribution in [-0.2, 0) is 22.4 Å². The minimum Gasteiger partial charge on any atom is -0.207 e. The molecule has 7 heteroatoms. The summed E-state index contributed by atoms with van der Waals surface area (Å²) in [5, 5.41) is 1.96. The van der Waals surface area contributed by atoms with Crippen LogP contribution in [0.1, 0.15) is 28.5 Å². The van der Waals surface area contributed by atoms with E-state index in [0.29, 0.717) is 17.3 Å². The number of sulfonamides is 1. The first-order valence-electron chi connectivity index (χ1n) is 6.55. The van der Waals surface area contributed by atoms with Crippen LogP contribution in [0.4, 0.5) is 0 Å². The Morgan fingerprint density at radius 3 is 2.52 bits per heavy atom. The number of aryl methyl sites for hydroxylation is 1. The molecule has 0 aliphatic heterocycles. The van der Waals surface area contributed by atoms with Crippen LogP contribution < -0.4 is 0 Å². The second kappa shape index (κ2) is 6.79. The molecule has 3 nitrogen and oxygen atoms in total. The van der Waals surface area contributed by atoms with Crippen LogP contribution >= 0.6 is 34.3 Å². The van der Waals surface area contributed by atoms with Crippen LogP contribution in [0, 0.1) is 6.92 Å². The lowest BCUT2D eigenvalue weighted by Gasteiger charge is -2.25. The molecule has 2 aromatic rings. The summed E-state index contributed by atoms with van der Waals surface area (Å²) < 4.78 is 27.4. The molecule has 2 heterocycles. The molecule has 116 valence electrons. The molecule has 0 bridgehead atoms. The molecule has 0 fully saturated rings. The van der Waals surface area contributed by atoms with E-state index in [-0.39, 0.29) is 6.04 Å². The Hall–Kier alpha value is -0.400. The number of hydrogen-bond acceptors (Lipinski definition) is 4. The van der Waals surface area contributed by atoms with Gasteiger partial charge in [0, 0.05) is 27.2 Å². The molecule has 0 aliphatic rings. The SMILES string of the molecule is Cc1sc(CCl)cc1S(=O)(=O)N(Cc1cccs1)C(C)C. The fourth-order valence-corrected chi connectivity index (χ4v) is 6.17. The van der Waals surface area contributed by atoms with Gasteiger partial charge >= 0.3 is 0 Å². The highest BCUT2D eigenvalue weighted by molar-refractivity contribution is 7.89. The van der Waals surface area contributed by atoms with Crippen molar-refractivity contribution in [2.75, 3.05) is 0 Å². The molecule has 2 rings (SSSR count). The van der Waals surface area contributed by atoms with Gasteiger partial charge in [-0.1, -0.05) is 6.07 Å². The number of alkyl halides is 1. The Bertz CT molecular complexity index is 690. The van der Waals surface area contributed by atoms with E-state index in [2.05, 4.69) is 0 Å². The van der Waals surface area contributed by atoms with Gasteiger partial charge < -0.3 is 0 Å². The van der Waals surface area contributed by atoms with E-state index in [1.807, 2.05) is 38.3 Å². The van der Waals surface area contributed by atoms with Crippen LogP contribution in [0.5, 0.6) is 0 Å². The van der Waals surface area contributed by atoms with Gasteiger partial charge in [-0.3, -0.25) is 0 Å². The van der Waals surface area contributed by atoms with Gasteiger partial charge in [-0.05, 0) is 38.3 Å². The Morgan fingerprint density at radius 2 is 2.05 bits per heavy atom. The normalized spacial score (nSPS) is 12.5. The monoisotopic (exact) mass is 363 g/mol. The van der Waals surface area contributed by atoms with Crippen LogP contribution in [0.25, 0.3) is 0 Å². The zero-order valence-corrected chi connectivity index (χ0v) is 15.4. The number of thiophene rings is 2. The predicted octanol–water partition coefficient (Wildman–Crippen LogP) is 4.46. The molecule has 2 aromatic heterocycles. The molecule has 0 radical (unpaired) electrons. The van der Waals surface area contributed by atoms with E-state index in [0.717, 1.165) is 14.6 Å². The van der Waals surface area contributed by atoms with E-state index >= 15 is 0 Å². The summed E-state index contributed by atoms with van der Waals surface area (Å²) in [5.74, 6) is 0.341. The molecule has 0 unspecified atom stereocenters. The first-order chi connectivity index (χ1) is 9.86. The maximum atomic E-state index is 12.9. The van der Waals surface area contributed by atoms with E-state index < -0.39 is 10.0 Å². The Kier molecular flexibility index (Phi) is 5.48. The summed E-state index contributed by atoms with van der Waals surface area (Å²) in [5.41, 5.74) is 0. The van der Waals surface area contributed by atoms with Crippen molar-refractivity contribution in [3.63, 3.8) is 0 Å². The first-order valence-corrected chi connectivity index (χ1v) is 10.2. The van der Waals surface area contributed by atoms with E-state index in [9.17, 15) is 8.42 Å². The smallest absolute Gasteiger partial charge is 0.207 e. The van der Waals surface area contributed by atoms with Crippen molar-refractivity contribution in [3.8, 4) is 0 Å². The van der Waals surface area contributed by atoms with Crippen molar-refractivity contribution >= 4 is 44.3 Å². The van der Waals surface area contributed by atoms with Gasteiger partial charge in [0.05, 0.1) is 10.8 Å². The molecule has 0 spiro atoms. The Labute approximate surface area is 139 Å². The minimum atomic E-state index is -3.50. The summed E-state index contributed by atoms with van der Waals surface area (Å²) in [6.07, 6.45) is 0. The zero-order valence-electron chi connectivity index (χ0n) is 12.2. The van der Waals surface area contributed by atoms with Gasteiger partial charge in [0.15, 0.2) is 0 Å². The van der Waals surface area contributed by atoms with Crippen molar-refractivity contribution in [1.29, 1.82) is 0 Å². The summed E-state index contributed by atoms with van der Waals surface area (Å²) in [6, 6.07) is 5.50. The van der Waals surface area contributed by atoms with Crippen LogP contribution in [0.3, 0.4) is 0 Å². The third kappa shape index (κ3) is 3.68. The molecular weight excluding hydrogens is 346 g/mol. The topological polar surface area (TPSA) is 37.4 Å². The van der Waals surface area contributed by atoms with E-state index in [1.165, 1.54) is 11.3 Å². The van der Waals surface area contributed by atoms with Crippen molar-refractivity contribution < 1.29 is 8.42 Å². The molecule has 0 saturated carbocycles. The predicted molar refractivity (Wildman–Crippen MR) is 90.8 cm³/mol. The third-order valence-electron chi connectivity index (χ3n) is 3.11. The van der Waals surface area contributed by atoms with Gasteiger partial charge in [-0.2, -0.15) is 4.31 Å². The molecule has 0 saturated heterocycles. The number of nitrogens with zero attached hydrogens (tertiary/aromatic N) is 1. The van der Waals surface area contributed by atoms with Gasteiger partial charge in [0.25, 0.3) is 0 Å². The Balaban J connectivity index is 2.39. The Morgan fingerprint density at radius 1 is 1.33 bits per heavy atom. The maximum Gasteiger partial charge on any atom is 0.244 e. The standard InChI is InChI=1S/C14H18ClNO2S3/c1-10(2)16(9-12-5-4-6-19-12)21(17,18)14-7-13(8-15)20-11(14)3/h4-7,10H,8-9H2,1-3H3. The molecule has 0 amide bonds. The van der Waals surface area contributed by atoms with Gasteiger partial charge in [-0.25, -0.2) is 8.42 Å². The molecule has 0 N–H and O–H groups in total. The van der Waals surface area contributed by atoms with Gasteiger partial charge in [0.2, 0.25) is 10.0 Å². The zero-order chi connectivity index (χ0) is 15.6. The van der Waals surface area contributed by atoms with E-state index in [4.69, 9.17) is 11.6 Å². The second-order valence-electron chi connectivity index (χ2n) is 4.99. The lowest BCUT2D eigenvalue weighted by molar-refractivity contribution is 0.350. The third-order valence-corrected chi connectivity index (χ3v) is 7.74. The molecule has 0 aromatic carbocycles. The van der Waals surface area contributed by atoms with Crippen molar-refractivity contribution in [2.24, 2.45) is 0 Å². The van der Waals surface area contributed by atoms with Crippen LogP contribution in [0.15, 0.2) is 28.5 Å². The average Bonchev–Trinajstić information content (AvgIpc) is 3.04. The highest BCUT2D eigenvalue weighted by atomic mass is 35.5. The quantitative estimate of drug-likeness (QED) is 0.710. The highest BCUT2D eigenvalue weighted by Gasteiger charge is 2.30. The number of rotatable bonds is 6. The minimum absolute atomic E-state index is 0.101. The fraction of sp³-hybridized carbons (Fsp3) is 0.429. The number of hydrogen-bond donors (Lipinski definition) is 0. The van der Waals surface area contributed by atoms with Crippen LogP contribution in [0.2, 0.25) is 0 Å². The fourth-order valence-electron chi connectivity index (χ4n) is 2.07. The molecule has 0 atom stereocenters. The maximum absolute atomic E-state index is 12.9. The van der Waals surface area contributed by atoms with Gasteiger partial charge in [-0.15, -0.1) is 34.3 Å². The number of halogens is 1. The first kappa shape index (κ1) is 17.0. The molecule has 0 aliphatic carbocycles. The van der Waals surface area contributed by atoms with Gasteiger partial charge in [0.1, 0.15) is 0 Å². The lowest BCUT2D eigenvalue weighted by atomic mass is 10.4. The summed E-state index contributed by atoms with van der Waals surface area (Å²) >= 11 is 8.84.